The van der Waals surface area contributed by atoms with Crippen LogP contribution in [0.25, 0.3) is 0 Å². The van der Waals surface area contributed by atoms with Gasteiger partial charge in [0, 0.05) is 13.1 Å². The van der Waals surface area contributed by atoms with Crippen LogP contribution in [-0.2, 0) is 20.9 Å². The highest BCUT2D eigenvalue weighted by Gasteiger charge is 2.23. The lowest BCUT2D eigenvalue weighted by Crippen LogP contribution is -2.43. The molecule has 1 fully saturated rings. The monoisotopic (exact) mass is 322 g/mol. The van der Waals surface area contributed by atoms with E-state index < -0.39 is 18.1 Å². The smallest absolute Gasteiger partial charge is 0.408 e. The van der Waals surface area contributed by atoms with Crippen LogP contribution in [0.1, 0.15) is 18.4 Å². The molecular weight excluding hydrogens is 300 g/mol. The Morgan fingerprint density at radius 1 is 1.39 bits per heavy atom. The van der Waals surface area contributed by atoms with Crippen molar-refractivity contribution in [2.24, 2.45) is 0 Å². The van der Waals surface area contributed by atoms with Gasteiger partial charge in [-0.2, -0.15) is 0 Å². The number of benzene rings is 1. The largest absolute Gasteiger partial charge is 0.480 e. The first-order valence-corrected chi connectivity index (χ1v) is 7.67. The SMILES string of the molecule is O=C(N[C@@H](CC[C@H]1CNCCO1)C(=O)O)OCc1ccccc1. The Bertz CT molecular complexity index is 502. The molecule has 0 radical (unpaired) electrons. The molecule has 0 unspecified atom stereocenters. The summed E-state index contributed by atoms with van der Waals surface area (Å²) < 4.78 is 10.6. The summed E-state index contributed by atoms with van der Waals surface area (Å²) in [7, 11) is 0. The number of nitrogens with one attached hydrogen (secondary N) is 2. The molecule has 1 amide bonds. The number of carboxylic acid groups (broad SMARTS) is 1. The van der Waals surface area contributed by atoms with Crippen molar-refractivity contribution in [2.45, 2.75) is 31.6 Å². The van der Waals surface area contributed by atoms with Crippen LogP contribution in [0.15, 0.2) is 30.3 Å². The van der Waals surface area contributed by atoms with Gasteiger partial charge in [-0.25, -0.2) is 9.59 Å². The van der Waals surface area contributed by atoms with Crippen LogP contribution >= 0.6 is 0 Å². The number of amides is 1. The number of ether oxygens (including phenoxy) is 2. The Kier molecular flexibility index (Phi) is 6.83. The van der Waals surface area contributed by atoms with Crippen molar-refractivity contribution in [2.75, 3.05) is 19.7 Å². The van der Waals surface area contributed by atoms with Gasteiger partial charge in [-0.3, -0.25) is 0 Å². The van der Waals surface area contributed by atoms with E-state index in [9.17, 15) is 14.7 Å². The lowest BCUT2D eigenvalue weighted by molar-refractivity contribution is -0.139. The summed E-state index contributed by atoms with van der Waals surface area (Å²) in [5, 5.41) is 14.8. The molecular formula is C16H22N2O5. The van der Waals surface area contributed by atoms with E-state index in [0.717, 1.165) is 12.1 Å². The molecule has 1 aromatic carbocycles. The lowest BCUT2D eigenvalue weighted by atomic mass is 10.1. The summed E-state index contributed by atoms with van der Waals surface area (Å²) in [5.41, 5.74) is 0.844. The average molecular weight is 322 g/mol. The molecule has 2 atom stereocenters. The molecule has 1 heterocycles. The van der Waals surface area contributed by atoms with Crippen molar-refractivity contribution < 1.29 is 24.2 Å². The molecule has 1 saturated heterocycles. The topological polar surface area (TPSA) is 96.9 Å². The van der Waals surface area contributed by atoms with Crippen LogP contribution in [0.4, 0.5) is 4.79 Å². The fraction of sp³-hybridized carbons (Fsp3) is 0.500. The molecule has 3 N–H and O–H groups in total. The van der Waals surface area contributed by atoms with Crippen molar-refractivity contribution in [1.82, 2.24) is 10.6 Å². The maximum absolute atomic E-state index is 11.7. The number of hydrogen-bond acceptors (Lipinski definition) is 5. The number of carbonyl (C=O) groups excluding carboxylic acids is 1. The molecule has 7 heteroatoms. The molecule has 0 bridgehead atoms. The number of carboxylic acids is 1. The Hall–Kier alpha value is -2.12. The third-order valence-electron chi connectivity index (χ3n) is 3.58. The second-order valence-electron chi connectivity index (χ2n) is 5.37. The van der Waals surface area contributed by atoms with E-state index >= 15 is 0 Å². The molecule has 0 aliphatic carbocycles. The maximum atomic E-state index is 11.7. The quantitative estimate of drug-likeness (QED) is 0.696. The van der Waals surface area contributed by atoms with Gasteiger partial charge < -0.3 is 25.2 Å². The van der Waals surface area contributed by atoms with Gasteiger partial charge in [-0.1, -0.05) is 30.3 Å². The van der Waals surface area contributed by atoms with Crippen molar-refractivity contribution >= 4 is 12.1 Å². The molecule has 0 aromatic heterocycles. The summed E-state index contributed by atoms with van der Waals surface area (Å²) in [6.45, 7) is 2.23. The van der Waals surface area contributed by atoms with Crippen molar-refractivity contribution in [3.05, 3.63) is 35.9 Å². The average Bonchev–Trinajstić information content (AvgIpc) is 2.58. The molecule has 2 rings (SSSR count). The minimum absolute atomic E-state index is 0.0206. The van der Waals surface area contributed by atoms with Crippen molar-refractivity contribution in [1.29, 1.82) is 0 Å². The number of alkyl carbamates (subject to hydrolysis) is 1. The highest BCUT2D eigenvalue weighted by molar-refractivity contribution is 5.79. The van der Waals surface area contributed by atoms with E-state index in [-0.39, 0.29) is 12.7 Å². The third kappa shape index (κ3) is 6.25. The second kappa shape index (κ2) is 9.12. The van der Waals surface area contributed by atoms with Gasteiger partial charge in [0.25, 0.3) is 0 Å². The zero-order valence-corrected chi connectivity index (χ0v) is 12.9. The summed E-state index contributed by atoms with van der Waals surface area (Å²) in [6.07, 6.45) is 0.0992. The van der Waals surface area contributed by atoms with E-state index in [0.29, 0.717) is 26.0 Å². The zero-order valence-electron chi connectivity index (χ0n) is 12.9. The number of hydrogen-bond donors (Lipinski definition) is 3. The predicted molar refractivity (Wildman–Crippen MR) is 83.0 cm³/mol. The number of morpholine rings is 1. The highest BCUT2D eigenvalue weighted by Crippen LogP contribution is 2.08. The summed E-state index contributed by atoms with van der Waals surface area (Å²) in [6, 6.07) is 8.23. The van der Waals surface area contributed by atoms with E-state index in [2.05, 4.69) is 10.6 Å². The number of rotatable bonds is 7. The Labute approximate surface area is 135 Å². The van der Waals surface area contributed by atoms with Gasteiger partial charge in [-0.15, -0.1) is 0 Å². The maximum Gasteiger partial charge on any atom is 0.408 e. The molecule has 1 aliphatic heterocycles. The second-order valence-corrected chi connectivity index (χ2v) is 5.37. The molecule has 23 heavy (non-hydrogen) atoms. The first-order chi connectivity index (χ1) is 11.1. The first-order valence-electron chi connectivity index (χ1n) is 7.67. The molecule has 7 nitrogen and oxygen atoms in total. The molecule has 0 saturated carbocycles. The highest BCUT2D eigenvalue weighted by atomic mass is 16.5. The van der Waals surface area contributed by atoms with Gasteiger partial charge in [0.15, 0.2) is 0 Å². The number of carbonyl (C=O) groups is 2. The summed E-state index contributed by atoms with van der Waals surface area (Å²) in [5.74, 6) is -1.08. The Morgan fingerprint density at radius 2 is 2.17 bits per heavy atom. The molecule has 1 aromatic rings. The van der Waals surface area contributed by atoms with Crippen LogP contribution in [0.2, 0.25) is 0 Å². The fourth-order valence-corrected chi connectivity index (χ4v) is 2.32. The summed E-state index contributed by atoms with van der Waals surface area (Å²) >= 11 is 0. The summed E-state index contributed by atoms with van der Waals surface area (Å²) in [4.78, 5) is 23.0. The standard InChI is InChI=1S/C16H22N2O5/c19-15(20)14(7-6-13-10-17-8-9-22-13)18-16(21)23-11-12-4-2-1-3-5-12/h1-5,13-14,17H,6-11H2,(H,18,21)(H,19,20)/t13-,14-/m0/s1. The van der Waals surface area contributed by atoms with E-state index in [1.807, 2.05) is 30.3 Å². The lowest BCUT2D eigenvalue weighted by Gasteiger charge is -2.24. The van der Waals surface area contributed by atoms with Gasteiger partial charge in [-0.05, 0) is 18.4 Å². The Morgan fingerprint density at radius 3 is 2.83 bits per heavy atom. The zero-order chi connectivity index (χ0) is 16.5. The van der Waals surface area contributed by atoms with Gasteiger partial charge in [0.2, 0.25) is 0 Å². The van der Waals surface area contributed by atoms with E-state index in [1.165, 1.54) is 0 Å². The fourth-order valence-electron chi connectivity index (χ4n) is 2.32. The van der Waals surface area contributed by atoms with Crippen LogP contribution in [0.3, 0.4) is 0 Å². The van der Waals surface area contributed by atoms with Crippen molar-refractivity contribution in [3.8, 4) is 0 Å². The predicted octanol–water partition coefficient (Wildman–Crippen LogP) is 1.13. The van der Waals surface area contributed by atoms with Gasteiger partial charge in [0.1, 0.15) is 12.6 Å². The van der Waals surface area contributed by atoms with Crippen molar-refractivity contribution in [3.63, 3.8) is 0 Å². The normalized spacial score (nSPS) is 18.9. The van der Waals surface area contributed by atoms with Crippen LogP contribution in [0.5, 0.6) is 0 Å². The van der Waals surface area contributed by atoms with Crippen LogP contribution in [-0.4, -0.2) is 49.0 Å². The minimum Gasteiger partial charge on any atom is -0.480 e. The van der Waals surface area contributed by atoms with Gasteiger partial charge >= 0.3 is 12.1 Å². The minimum atomic E-state index is -1.08. The molecule has 0 spiro atoms. The van der Waals surface area contributed by atoms with Crippen LogP contribution in [0, 0.1) is 0 Å². The molecule has 1 aliphatic rings. The van der Waals surface area contributed by atoms with Crippen LogP contribution < -0.4 is 10.6 Å². The first kappa shape index (κ1) is 17.2. The number of aliphatic carboxylic acids is 1. The molecule has 126 valence electrons. The third-order valence-corrected chi connectivity index (χ3v) is 3.58. The Balaban J connectivity index is 1.74. The van der Waals surface area contributed by atoms with Gasteiger partial charge in [0.05, 0.1) is 12.7 Å². The van der Waals surface area contributed by atoms with E-state index in [1.54, 1.807) is 0 Å². The van der Waals surface area contributed by atoms with E-state index in [4.69, 9.17) is 9.47 Å².